The first-order valence-corrected chi connectivity index (χ1v) is 7.94. The monoisotopic (exact) mass is 355 g/mol. The third-order valence-electron chi connectivity index (χ3n) is 4.04. The summed E-state index contributed by atoms with van der Waals surface area (Å²) in [6, 6.07) is 9.67. The number of nitrogens with zero attached hydrogens (tertiary/aromatic N) is 2. The first kappa shape index (κ1) is 17.4. The van der Waals surface area contributed by atoms with E-state index in [1.165, 1.54) is 12.1 Å². The molecule has 1 aliphatic rings. The second-order valence-corrected chi connectivity index (χ2v) is 6.11. The Bertz CT molecular complexity index is 910. The van der Waals surface area contributed by atoms with Crippen LogP contribution in [0.4, 0.5) is 17.1 Å². The fourth-order valence-corrected chi connectivity index (χ4v) is 2.72. The highest BCUT2D eigenvalue weighted by molar-refractivity contribution is 5.97. The van der Waals surface area contributed by atoms with Crippen LogP contribution in [-0.4, -0.2) is 29.9 Å². The van der Waals surface area contributed by atoms with E-state index in [2.05, 4.69) is 5.32 Å². The maximum Gasteiger partial charge on any atom is 0.331 e. The number of carbonyl (C=O) groups excluding carboxylic acids is 2. The van der Waals surface area contributed by atoms with Gasteiger partial charge in [-0.25, -0.2) is 4.79 Å². The van der Waals surface area contributed by atoms with E-state index in [4.69, 9.17) is 4.74 Å². The number of ether oxygens (including phenoxy) is 1. The minimum Gasteiger partial charge on any atom is -0.423 e. The number of rotatable bonds is 4. The first-order chi connectivity index (χ1) is 12.3. The van der Waals surface area contributed by atoms with Crippen molar-refractivity contribution in [3.8, 4) is 5.75 Å². The predicted octanol–water partition coefficient (Wildman–Crippen LogP) is 2.58. The van der Waals surface area contributed by atoms with E-state index < -0.39 is 10.9 Å². The normalized spacial score (nSPS) is 13.0. The average molecular weight is 355 g/mol. The molecule has 2 aromatic rings. The van der Waals surface area contributed by atoms with E-state index in [0.29, 0.717) is 22.7 Å². The van der Waals surface area contributed by atoms with Gasteiger partial charge >= 0.3 is 5.97 Å². The molecule has 1 heterocycles. The summed E-state index contributed by atoms with van der Waals surface area (Å²) in [4.78, 5) is 36.2. The van der Waals surface area contributed by atoms with E-state index in [-0.39, 0.29) is 24.7 Å². The molecule has 0 unspecified atom stereocenters. The Labute approximate surface area is 149 Å². The fourth-order valence-electron chi connectivity index (χ4n) is 2.72. The molecule has 0 aliphatic carbocycles. The zero-order chi connectivity index (χ0) is 18.8. The van der Waals surface area contributed by atoms with Gasteiger partial charge in [-0.15, -0.1) is 0 Å². The molecule has 26 heavy (non-hydrogen) atoms. The molecule has 0 bridgehead atoms. The van der Waals surface area contributed by atoms with Gasteiger partial charge in [-0.05, 0) is 37.1 Å². The molecule has 8 heteroatoms. The Morgan fingerprint density at radius 3 is 2.77 bits per heavy atom. The first-order valence-electron chi connectivity index (χ1n) is 7.94. The molecule has 0 saturated heterocycles. The Kier molecular flexibility index (Phi) is 4.57. The molecule has 0 radical (unpaired) electrons. The summed E-state index contributed by atoms with van der Waals surface area (Å²) >= 11 is 0. The molecule has 2 aromatic carbocycles. The van der Waals surface area contributed by atoms with E-state index in [0.717, 1.165) is 5.56 Å². The van der Waals surface area contributed by atoms with Crippen molar-refractivity contribution >= 4 is 28.9 Å². The van der Waals surface area contributed by atoms with Crippen LogP contribution in [0.5, 0.6) is 5.75 Å². The molecular formula is C18H17N3O5. The third kappa shape index (κ3) is 3.64. The Morgan fingerprint density at radius 1 is 1.27 bits per heavy atom. The Morgan fingerprint density at radius 2 is 2.04 bits per heavy atom. The molecule has 134 valence electrons. The van der Waals surface area contributed by atoms with E-state index in [9.17, 15) is 19.7 Å². The van der Waals surface area contributed by atoms with Crippen LogP contribution in [0.15, 0.2) is 36.4 Å². The van der Waals surface area contributed by atoms with Gasteiger partial charge in [-0.3, -0.25) is 14.9 Å². The van der Waals surface area contributed by atoms with Gasteiger partial charge in [0.15, 0.2) is 5.75 Å². The van der Waals surface area contributed by atoms with Crippen molar-refractivity contribution < 1.29 is 19.2 Å². The SMILES string of the molecule is Cc1ccc2c(c1)OC(=O)CN2CC(=O)Nc1cc([N+](=O)[O-])ccc1C. The number of benzene rings is 2. The van der Waals surface area contributed by atoms with Crippen molar-refractivity contribution in [2.24, 2.45) is 0 Å². The number of nitrogens with one attached hydrogen (secondary N) is 1. The van der Waals surface area contributed by atoms with Crippen LogP contribution in [-0.2, 0) is 9.59 Å². The average Bonchev–Trinajstić information content (AvgIpc) is 2.56. The quantitative estimate of drug-likeness (QED) is 0.391. The van der Waals surface area contributed by atoms with Crippen molar-refractivity contribution in [1.82, 2.24) is 0 Å². The topological polar surface area (TPSA) is 102 Å². The number of esters is 1. The maximum absolute atomic E-state index is 12.4. The second kappa shape index (κ2) is 6.83. The highest BCUT2D eigenvalue weighted by Gasteiger charge is 2.26. The molecule has 1 N–H and O–H groups in total. The molecule has 1 amide bonds. The van der Waals surface area contributed by atoms with E-state index >= 15 is 0 Å². The number of fused-ring (bicyclic) bond motifs is 1. The van der Waals surface area contributed by atoms with Gasteiger partial charge in [0, 0.05) is 12.1 Å². The predicted molar refractivity (Wildman–Crippen MR) is 95.5 cm³/mol. The third-order valence-corrected chi connectivity index (χ3v) is 4.04. The minimum atomic E-state index is -0.520. The van der Waals surface area contributed by atoms with Crippen LogP contribution in [0.3, 0.4) is 0 Å². The maximum atomic E-state index is 12.4. The lowest BCUT2D eigenvalue weighted by Crippen LogP contribution is -2.41. The van der Waals surface area contributed by atoms with Crippen LogP contribution in [0.2, 0.25) is 0 Å². The summed E-state index contributed by atoms with van der Waals surface area (Å²) in [6.45, 7) is 3.51. The van der Waals surface area contributed by atoms with Crippen molar-refractivity contribution in [3.63, 3.8) is 0 Å². The zero-order valence-electron chi connectivity index (χ0n) is 14.3. The summed E-state index contributed by atoms with van der Waals surface area (Å²) < 4.78 is 5.22. The van der Waals surface area contributed by atoms with Crippen LogP contribution < -0.4 is 15.0 Å². The Balaban J connectivity index is 1.78. The Hall–Kier alpha value is -3.42. The van der Waals surface area contributed by atoms with E-state index in [1.807, 2.05) is 13.0 Å². The van der Waals surface area contributed by atoms with Crippen molar-refractivity contribution in [1.29, 1.82) is 0 Å². The van der Waals surface area contributed by atoms with Crippen LogP contribution >= 0.6 is 0 Å². The molecule has 1 aliphatic heterocycles. The number of non-ortho nitro benzene ring substituents is 1. The highest BCUT2D eigenvalue weighted by atomic mass is 16.6. The van der Waals surface area contributed by atoms with Gasteiger partial charge in [0.2, 0.25) is 5.91 Å². The van der Waals surface area contributed by atoms with Gasteiger partial charge in [0.1, 0.15) is 6.54 Å². The molecule has 0 fully saturated rings. The summed E-state index contributed by atoms with van der Waals surface area (Å²) in [5, 5.41) is 13.6. The molecule has 0 atom stereocenters. The number of anilines is 2. The number of hydrogen-bond donors (Lipinski definition) is 1. The molecule has 3 rings (SSSR count). The molecule has 0 spiro atoms. The van der Waals surface area contributed by atoms with Crippen LogP contribution in [0.1, 0.15) is 11.1 Å². The lowest BCUT2D eigenvalue weighted by Gasteiger charge is -2.29. The van der Waals surface area contributed by atoms with Crippen molar-refractivity contribution in [2.75, 3.05) is 23.3 Å². The summed E-state index contributed by atoms with van der Waals surface area (Å²) in [7, 11) is 0. The lowest BCUT2D eigenvalue weighted by atomic mass is 10.1. The summed E-state index contributed by atoms with van der Waals surface area (Å²) in [5.41, 5.74) is 2.57. The van der Waals surface area contributed by atoms with E-state index in [1.54, 1.807) is 30.0 Å². The van der Waals surface area contributed by atoms with Gasteiger partial charge in [0.05, 0.1) is 22.8 Å². The summed E-state index contributed by atoms with van der Waals surface area (Å²) in [5.74, 6) is -0.405. The number of hydrogen-bond acceptors (Lipinski definition) is 6. The molecular weight excluding hydrogens is 338 g/mol. The van der Waals surface area contributed by atoms with Gasteiger partial charge in [-0.2, -0.15) is 0 Å². The number of carbonyl (C=O) groups is 2. The minimum absolute atomic E-state index is 0.0442. The lowest BCUT2D eigenvalue weighted by molar-refractivity contribution is -0.384. The smallest absolute Gasteiger partial charge is 0.331 e. The number of nitro benzene ring substituents is 1. The molecule has 8 nitrogen and oxygen atoms in total. The van der Waals surface area contributed by atoms with Crippen LogP contribution in [0.25, 0.3) is 0 Å². The number of aryl methyl sites for hydroxylation is 2. The van der Waals surface area contributed by atoms with Crippen molar-refractivity contribution in [3.05, 3.63) is 57.6 Å². The molecule has 0 saturated carbocycles. The van der Waals surface area contributed by atoms with Gasteiger partial charge in [-0.1, -0.05) is 12.1 Å². The standard InChI is InChI=1S/C18H17N3O5/c1-11-3-6-15-16(7-11)26-18(23)10-20(15)9-17(22)19-14-8-13(21(24)25)5-4-12(14)2/h3-8H,9-10H2,1-2H3,(H,19,22). The van der Waals surface area contributed by atoms with Gasteiger partial charge < -0.3 is 15.0 Å². The zero-order valence-corrected chi connectivity index (χ0v) is 14.3. The highest BCUT2D eigenvalue weighted by Crippen LogP contribution is 2.32. The number of nitro groups is 1. The van der Waals surface area contributed by atoms with Crippen molar-refractivity contribution in [2.45, 2.75) is 13.8 Å². The largest absolute Gasteiger partial charge is 0.423 e. The summed E-state index contributed by atoms with van der Waals surface area (Å²) in [6.07, 6.45) is 0. The number of amides is 1. The molecule has 0 aromatic heterocycles. The van der Waals surface area contributed by atoms with Crippen LogP contribution in [0, 0.1) is 24.0 Å². The van der Waals surface area contributed by atoms with Gasteiger partial charge in [0.25, 0.3) is 5.69 Å². The second-order valence-electron chi connectivity index (χ2n) is 6.11. The fraction of sp³-hybridized carbons (Fsp3) is 0.222.